The lowest BCUT2D eigenvalue weighted by Gasteiger charge is -2.37. The Balaban J connectivity index is 0.000000118. The van der Waals surface area contributed by atoms with E-state index in [4.69, 9.17) is 17.2 Å². The molecule has 0 radical (unpaired) electrons. The molecule has 3 nitrogen and oxygen atoms in total. The van der Waals surface area contributed by atoms with E-state index in [2.05, 4.69) is 62.3 Å². The van der Waals surface area contributed by atoms with Gasteiger partial charge in [0.2, 0.25) is 0 Å². The minimum atomic E-state index is 0.442. The first-order valence-corrected chi connectivity index (χ1v) is 14.2. The molecule has 6 saturated carbocycles. The maximum absolute atomic E-state index is 6.13. The molecule has 0 spiro atoms. The van der Waals surface area contributed by atoms with Crippen LogP contribution in [0.3, 0.4) is 0 Å². The van der Waals surface area contributed by atoms with Gasteiger partial charge in [-0.2, -0.15) is 0 Å². The third-order valence-corrected chi connectivity index (χ3v) is 14.4. The van der Waals surface area contributed by atoms with Gasteiger partial charge in [-0.3, -0.25) is 0 Å². The summed E-state index contributed by atoms with van der Waals surface area (Å²) in [5.74, 6) is 2.61. The van der Waals surface area contributed by atoms with Crippen LogP contribution in [-0.2, 0) is 0 Å². The Morgan fingerprint density at radius 1 is 0.545 bits per heavy atom. The van der Waals surface area contributed by atoms with E-state index in [0.29, 0.717) is 50.6 Å². The molecule has 0 aliphatic heterocycles. The van der Waals surface area contributed by atoms with Gasteiger partial charge in [-0.05, 0) is 108 Å². The zero-order chi connectivity index (χ0) is 24.8. The molecule has 3 heteroatoms. The van der Waals surface area contributed by atoms with E-state index in [1.165, 1.54) is 57.8 Å². The normalized spacial score (nSPS) is 53.5. The van der Waals surface area contributed by atoms with Crippen molar-refractivity contribution in [3.8, 4) is 0 Å². The summed E-state index contributed by atoms with van der Waals surface area (Å²) >= 11 is 0. The van der Waals surface area contributed by atoms with E-state index in [1.54, 1.807) is 0 Å². The van der Waals surface area contributed by atoms with Crippen LogP contribution in [0.5, 0.6) is 0 Å². The van der Waals surface area contributed by atoms with Crippen LogP contribution in [0.1, 0.15) is 120 Å². The molecule has 3 unspecified atom stereocenters. The summed E-state index contributed by atoms with van der Waals surface area (Å²) < 4.78 is 0. The fraction of sp³-hybridized carbons (Fsp3) is 1.00. The van der Waals surface area contributed by atoms with Gasteiger partial charge in [0.25, 0.3) is 0 Å². The molecule has 9 atom stereocenters. The maximum Gasteiger partial charge on any atom is 0.0101 e. The molecule has 6 aliphatic carbocycles. The summed E-state index contributed by atoms with van der Waals surface area (Å²) in [7, 11) is 0. The van der Waals surface area contributed by atoms with Gasteiger partial charge >= 0.3 is 0 Å². The van der Waals surface area contributed by atoms with Crippen molar-refractivity contribution in [2.45, 2.75) is 138 Å². The van der Waals surface area contributed by atoms with Crippen molar-refractivity contribution in [2.24, 2.45) is 67.4 Å². The van der Waals surface area contributed by atoms with Crippen LogP contribution in [0, 0.1) is 50.2 Å². The standard InChI is InChI=1S/3C10H19N/c1-9(2)7-4-5-10(9,3)6-8(7)11;2*1-9(2)7-4-5-10(9,3)8(11)6-7/h3*7-8H,4-6,11H2,1-3H3/t;7-,8+,10+;7-,8-,10+/m.11/s1. The summed E-state index contributed by atoms with van der Waals surface area (Å²) in [5.41, 5.74) is 21.3. The second kappa shape index (κ2) is 7.69. The Kier molecular flexibility index (Phi) is 6.05. The third kappa shape index (κ3) is 3.37. The summed E-state index contributed by atoms with van der Waals surface area (Å²) in [6.07, 6.45) is 12.1. The van der Waals surface area contributed by atoms with E-state index in [1.807, 2.05) is 0 Å². The largest absolute Gasteiger partial charge is 0.327 e. The molecule has 0 aromatic rings. The zero-order valence-electron chi connectivity index (χ0n) is 23.6. The van der Waals surface area contributed by atoms with E-state index in [9.17, 15) is 0 Å². The number of hydrogen-bond donors (Lipinski definition) is 3. The fourth-order valence-corrected chi connectivity index (χ4v) is 9.91. The van der Waals surface area contributed by atoms with E-state index in [0.717, 1.165) is 17.8 Å². The summed E-state index contributed by atoms with van der Waals surface area (Å²) in [4.78, 5) is 0. The van der Waals surface area contributed by atoms with Crippen LogP contribution in [-0.4, -0.2) is 18.1 Å². The van der Waals surface area contributed by atoms with Crippen molar-refractivity contribution < 1.29 is 0 Å². The van der Waals surface area contributed by atoms with Gasteiger partial charge in [-0.25, -0.2) is 0 Å². The van der Waals surface area contributed by atoms with Gasteiger partial charge in [0.1, 0.15) is 0 Å². The Bertz CT molecular complexity index is 708. The fourth-order valence-electron chi connectivity index (χ4n) is 9.91. The minimum absolute atomic E-state index is 0.442. The van der Waals surface area contributed by atoms with Crippen LogP contribution in [0.2, 0.25) is 0 Å². The van der Waals surface area contributed by atoms with Crippen molar-refractivity contribution in [1.82, 2.24) is 0 Å². The second-order valence-electron chi connectivity index (χ2n) is 15.7. The second-order valence-corrected chi connectivity index (χ2v) is 15.7. The molecule has 6 aliphatic rings. The molecule has 0 amide bonds. The molecule has 6 bridgehead atoms. The van der Waals surface area contributed by atoms with Crippen LogP contribution < -0.4 is 17.2 Å². The average molecular weight is 460 g/mol. The number of fused-ring (bicyclic) bond motifs is 6. The average Bonchev–Trinajstić information content (AvgIpc) is 3.32. The highest BCUT2D eigenvalue weighted by molar-refractivity contribution is 5.13. The van der Waals surface area contributed by atoms with Gasteiger partial charge in [0, 0.05) is 18.1 Å². The smallest absolute Gasteiger partial charge is 0.0101 e. The number of nitrogens with two attached hydrogens (primary N) is 3. The monoisotopic (exact) mass is 459 g/mol. The maximum atomic E-state index is 6.13. The lowest BCUT2D eigenvalue weighted by atomic mass is 9.69. The highest BCUT2D eigenvalue weighted by Crippen LogP contribution is 2.66. The van der Waals surface area contributed by atoms with E-state index >= 15 is 0 Å². The Morgan fingerprint density at radius 3 is 1.09 bits per heavy atom. The van der Waals surface area contributed by atoms with Crippen LogP contribution in [0.15, 0.2) is 0 Å². The molecule has 33 heavy (non-hydrogen) atoms. The van der Waals surface area contributed by atoms with Gasteiger partial charge in [0.15, 0.2) is 0 Å². The molecule has 6 fully saturated rings. The number of hydrogen-bond acceptors (Lipinski definition) is 3. The predicted molar refractivity (Wildman–Crippen MR) is 142 cm³/mol. The van der Waals surface area contributed by atoms with Crippen molar-refractivity contribution in [3.05, 3.63) is 0 Å². The molecule has 0 saturated heterocycles. The predicted octanol–water partition coefficient (Wildman–Crippen LogP) is 6.48. The highest BCUT2D eigenvalue weighted by atomic mass is 14.8. The summed E-state index contributed by atoms with van der Waals surface area (Å²) in [6, 6.07) is 1.43. The van der Waals surface area contributed by atoms with Gasteiger partial charge < -0.3 is 17.2 Å². The van der Waals surface area contributed by atoms with Crippen molar-refractivity contribution in [1.29, 1.82) is 0 Å². The Labute approximate surface area is 205 Å². The zero-order valence-corrected chi connectivity index (χ0v) is 23.6. The Morgan fingerprint density at radius 2 is 0.970 bits per heavy atom. The highest BCUT2D eigenvalue weighted by Gasteiger charge is 2.61. The summed E-state index contributed by atoms with van der Waals surface area (Å²) in [5, 5.41) is 0. The first-order valence-electron chi connectivity index (χ1n) is 14.2. The van der Waals surface area contributed by atoms with Gasteiger partial charge in [-0.1, -0.05) is 62.3 Å². The third-order valence-electron chi connectivity index (χ3n) is 14.4. The quantitative estimate of drug-likeness (QED) is 0.388. The lowest BCUT2D eigenvalue weighted by Crippen LogP contribution is -2.40. The molecule has 0 heterocycles. The van der Waals surface area contributed by atoms with Crippen molar-refractivity contribution in [3.63, 3.8) is 0 Å². The molecular formula is C30H57N3. The van der Waals surface area contributed by atoms with E-state index < -0.39 is 0 Å². The molecule has 0 aromatic carbocycles. The lowest BCUT2D eigenvalue weighted by molar-refractivity contribution is 0.136. The molecule has 6 N–H and O–H groups in total. The van der Waals surface area contributed by atoms with Crippen LogP contribution in [0.4, 0.5) is 0 Å². The molecule has 6 rings (SSSR count). The molecular weight excluding hydrogens is 402 g/mol. The number of rotatable bonds is 0. The SMILES string of the molecule is CC1(C)[C@@H]2CC[C@@]1(C)[C@@H](N)C2.CC1(C)[C@@H]2CC[C@@]1(C)[C@H](N)C2.CC12CCC(C(N)C1)C2(C)C. The topological polar surface area (TPSA) is 78.1 Å². The summed E-state index contributed by atoms with van der Waals surface area (Å²) in [6.45, 7) is 21.6. The van der Waals surface area contributed by atoms with Crippen LogP contribution >= 0.6 is 0 Å². The van der Waals surface area contributed by atoms with Gasteiger partial charge in [-0.15, -0.1) is 0 Å². The van der Waals surface area contributed by atoms with Crippen LogP contribution in [0.25, 0.3) is 0 Å². The molecule has 192 valence electrons. The minimum Gasteiger partial charge on any atom is -0.327 e. The van der Waals surface area contributed by atoms with Crippen molar-refractivity contribution >= 4 is 0 Å². The van der Waals surface area contributed by atoms with E-state index in [-0.39, 0.29) is 0 Å². The van der Waals surface area contributed by atoms with Crippen molar-refractivity contribution in [2.75, 3.05) is 0 Å². The first-order chi connectivity index (χ1) is 14.9. The first kappa shape index (κ1) is 26.0. The van der Waals surface area contributed by atoms with Gasteiger partial charge in [0.05, 0.1) is 0 Å². The Hall–Kier alpha value is -0.120. The molecule has 0 aromatic heterocycles.